The SMILES string of the molecule is O=C(NCCCc1ccc(N2CCCCCC2)cc1)C(=O)Nc1cccc([N+](=O)[O-])c1. The summed E-state index contributed by atoms with van der Waals surface area (Å²) in [6, 6.07) is 14.0. The zero-order valence-electron chi connectivity index (χ0n) is 17.5. The number of nitrogens with zero attached hydrogens (tertiary/aromatic N) is 2. The van der Waals surface area contributed by atoms with E-state index in [2.05, 4.69) is 39.8 Å². The van der Waals surface area contributed by atoms with Crippen LogP contribution in [-0.2, 0) is 16.0 Å². The maximum Gasteiger partial charge on any atom is 0.313 e. The number of hydrogen-bond acceptors (Lipinski definition) is 5. The van der Waals surface area contributed by atoms with Crippen LogP contribution in [0, 0.1) is 10.1 Å². The van der Waals surface area contributed by atoms with E-state index < -0.39 is 16.7 Å². The van der Waals surface area contributed by atoms with Gasteiger partial charge < -0.3 is 15.5 Å². The second-order valence-electron chi connectivity index (χ2n) is 7.69. The van der Waals surface area contributed by atoms with Crippen molar-refractivity contribution in [1.82, 2.24) is 5.32 Å². The Morgan fingerprint density at radius 1 is 0.968 bits per heavy atom. The van der Waals surface area contributed by atoms with Gasteiger partial charge >= 0.3 is 11.8 Å². The molecule has 2 amide bonds. The molecule has 8 heteroatoms. The van der Waals surface area contributed by atoms with Gasteiger partial charge in [0.15, 0.2) is 0 Å². The first kappa shape index (κ1) is 22.3. The number of rotatable bonds is 7. The standard InChI is InChI=1S/C23H28N4O4/c28-22(23(29)25-19-8-5-9-21(17-19)27(30)31)24-14-6-7-18-10-12-20(13-11-18)26-15-3-1-2-4-16-26/h5,8-13,17H,1-4,6-7,14-16H2,(H,24,28)(H,25,29). The zero-order chi connectivity index (χ0) is 22.1. The minimum atomic E-state index is -0.845. The van der Waals surface area contributed by atoms with Crippen LogP contribution in [0.25, 0.3) is 0 Å². The average molecular weight is 425 g/mol. The molecule has 1 heterocycles. The molecule has 0 radical (unpaired) electrons. The molecule has 0 atom stereocenters. The molecule has 2 aromatic carbocycles. The normalized spacial score (nSPS) is 13.9. The summed E-state index contributed by atoms with van der Waals surface area (Å²) in [6.07, 6.45) is 6.62. The Balaban J connectivity index is 1.39. The number of amides is 2. The summed E-state index contributed by atoms with van der Waals surface area (Å²) >= 11 is 0. The highest BCUT2D eigenvalue weighted by Gasteiger charge is 2.15. The summed E-state index contributed by atoms with van der Waals surface area (Å²) in [5.74, 6) is -1.61. The highest BCUT2D eigenvalue weighted by molar-refractivity contribution is 6.39. The highest BCUT2D eigenvalue weighted by Crippen LogP contribution is 2.20. The van der Waals surface area contributed by atoms with Crippen LogP contribution in [0.2, 0.25) is 0 Å². The van der Waals surface area contributed by atoms with Crippen LogP contribution in [0.15, 0.2) is 48.5 Å². The van der Waals surface area contributed by atoms with Crippen molar-refractivity contribution in [2.45, 2.75) is 38.5 Å². The van der Waals surface area contributed by atoms with Gasteiger partial charge in [-0.3, -0.25) is 19.7 Å². The maximum atomic E-state index is 12.0. The summed E-state index contributed by atoms with van der Waals surface area (Å²) in [7, 11) is 0. The summed E-state index contributed by atoms with van der Waals surface area (Å²) in [5, 5.41) is 15.8. The van der Waals surface area contributed by atoms with Crippen LogP contribution in [-0.4, -0.2) is 36.4 Å². The van der Waals surface area contributed by atoms with Crippen molar-refractivity contribution in [2.24, 2.45) is 0 Å². The molecule has 2 N–H and O–H groups in total. The molecule has 0 unspecified atom stereocenters. The van der Waals surface area contributed by atoms with Crippen molar-refractivity contribution in [3.8, 4) is 0 Å². The summed E-state index contributed by atoms with van der Waals surface area (Å²) in [6.45, 7) is 2.60. The summed E-state index contributed by atoms with van der Waals surface area (Å²) < 4.78 is 0. The van der Waals surface area contributed by atoms with Gasteiger partial charge in [-0.2, -0.15) is 0 Å². The van der Waals surface area contributed by atoms with Gasteiger partial charge in [-0.1, -0.05) is 31.0 Å². The van der Waals surface area contributed by atoms with Gasteiger partial charge in [0.25, 0.3) is 5.69 Å². The molecule has 2 aromatic rings. The van der Waals surface area contributed by atoms with Crippen LogP contribution < -0.4 is 15.5 Å². The summed E-state index contributed by atoms with van der Waals surface area (Å²) in [4.78, 5) is 36.6. The lowest BCUT2D eigenvalue weighted by Crippen LogP contribution is -2.36. The molecule has 0 aromatic heterocycles. The first-order valence-electron chi connectivity index (χ1n) is 10.7. The minimum absolute atomic E-state index is 0.153. The number of nitro groups is 1. The van der Waals surface area contributed by atoms with Gasteiger partial charge in [-0.05, 0) is 49.4 Å². The molecular formula is C23H28N4O4. The van der Waals surface area contributed by atoms with Crippen molar-refractivity contribution in [1.29, 1.82) is 0 Å². The number of benzene rings is 2. The molecule has 8 nitrogen and oxygen atoms in total. The Hall–Kier alpha value is -3.42. The number of anilines is 2. The van der Waals surface area contributed by atoms with Gasteiger partial charge in [0.05, 0.1) is 4.92 Å². The third-order valence-electron chi connectivity index (χ3n) is 5.36. The Morgan fingerprint density at radius 3 is 2.35 bits per heavy atom. The van der Waals surface area contributed by atoms with Gasteiger partial charge in [0.2, 0.25) is 0 Å². The number of hydrogen-bond donors (Lipinski definition) is 2. The molecule has 0 saturated carbocycles. The molecule has 0 spiro atoms. The van der Waals surface area contributed by atoms with E-state index in [1.165, 1.54) is 61.2 Å². The maximum absolute atomic E-state index is 12.0. The van der Waals surface area contributed by atoms with E-state index in [0.717, 1.165) is 19.5 Å². The number of aryl methyl sites for hydroxylation is 1. The van der Waals surface area contributed by atoms with E-state index in [4.69, 9.17) is 0 Å². The molecule has 1 fully saturated rings. The quantitative estimate of drug-likeness (QED) is 0.305. The number of non-ortho nitro benzene ring substituents is 1. The average Bonchev–Trinajstić information content (AvgIpc) is 3.07. The van der Waals surface area contributed by atoms with Gasteiger partial charge in [0.1, 0.15) is 0 Å². The van der Waals surface area contributed by atoms with Crippen molar-refractivity contribution in [3.05, 3.63) is 64.2 Å². The number of carbonyl (C=O) groups excluding carboxylic acids is 2. The van der Waals surface area contributed by atoms with E-state index in [-0.39, 0.29) is 11.4 Å². The van der Waals surface area contributed by atoms with Crippen LogP contribution in [0.4, 0.5) is 17.1 Å². The first-order chi connectivity index (χ1) is 15.0. The monoisotopic (exact) mass is 424 g/mol. The molecule has 164 valence electrons. The lowest BCUT2D eigenvalue weighted by atomic mass is 10.1. The summed E-state index contributed by atoms with van der Waals surface area (Å²) in [5.41, 5.74) is 2.50. The van der Waals surface area contributed by atoms with Crippen LogP contribution in [0.5, 0.6) is 0 Å². The minimum Gasteiger partial charge on any atom is -0.372 e. The third kappa shape index (κ3) is 6.80. The van der Waals surface area contributed by atoms with E-state index in [1.54, 1.807) is 0 Å². The van der Waals surface area contributed by atoms with E-state index in [9.17, 15) is 19.7 Å². The van der Waals surface area contributed by atoms with Crippen molar-refractivity contribution >= 4 is 28.9 Å². The van der Waals surface area contributed by atoms with Crippen LogP contribution in [0.3, 0.4) is 0 Å². The van der Waals surface area contributed by atoms with Gasteiger partial charge in [-0.25, -0.2) is 0 Å². The fourth-order valence-corrected chi connectivity index (χ4v) is 3.66. The van der Waals surface area contributed by atoms with Crippen molar-refractivity contribution < 1.29 is 14.5 Å². The molecule has 1 aliphatic rings. The lowest BCUT2D eigenvalue weighted by Gasteiger charge is -2.22. The predicted molar refractivity (Wildman–Crippen MR) is 120 cm³/mol. The molecule has 1 saturated heterocycles. The first-order valence-corrected chi connectivity index (χ1v) is 10.7. The van der Waals surface area contributed by atoms with E-state index in [0.29, 0.717) is 13.0 Å². The van der Waals surface area contributed by atoms with E-state index in [1.807, 2.05) is 0 Å². The lowest BCUT2D eigenvalue weighted by molar-refractivity contribution is -0.384. The number of nitro benzene ring substituents is 1. The van der Waals surface area contributed by atoms with Crippen molar-refractivity contribution in [3.63, 3.8) is 0 Å². The highest BCUT2D eigenvalue weighted by atomic mass is 16.6. The Kier molecular flexibility index (Phi) is 7.98. The van der Waals surface area contributed by atoms with E-state index >= 15 is 0 Å². The van der Waals surface area contributed by atoms with Crippen molar-refractivity contribution in [2.75, 3.05) is 29.9 Å². The Labute approximate surface area is 181 Å². The topological polar surface area (TPSA) is 105 Å². The zero-order valence-corrected chi connectivity index (χ0v) is 17.5. The second-order valence-corrected chi connectivity index (χ2v) is 7.69. The Bertz CT molecular complexity index is 906. The molecule has 3 rings (SSSR count). The van der Waals surface area contributed by atoms with Crippen LogP contribution in [0.1, 0.15) is 37.7 Å². The largest absolute Gasteiger partial charge is 0.372 e. The predicted octanol–water partition coefficient (Wildman–Crippen LogP) is 3.66. The third-order valence-corrected chi connectivity index (χ3v) is 5.36. The number of nitrogens with one attached hydrogen (secondary N) is 2. The molecule has 0 bridgehead atoms. The fraction of sp³-hybridized carbons (Fsp3) is 0.391. The fourth-order valence-electron chi connectivity index (χ4n) is 3.66. The molecule has 1 aliphatic heterocycles. The van der Waals surface area contributed by atoms with Gasteiger partial charge in [-0.15, -0.1) is 0 Å². The smallest absolute Gasteiger partial charge is 0.313 e. The molecule has 31 heavy (non-hydrogen) atoms. The van der Waals surface area contributed by atoms with Gasteiger partial charge in [0, 0.05) is 43.1 Å². The number of carbonyl (C=O) groups is 2. The molecular weight excluding hydrogens is 396 g/mol. The molecule has 0 aliphatic carbocycles. The Morgan fingerprint density at radius 2 is 1.68 bits per heavy atom. The second kappa shape index (κ2) is 11.1. The van der Waals surface area contributed by atoms with Crippen LogP contribution >= 0.6 is 0 Å².